The molecule has 116 valence electrons. The maximum absolute atomic E-state index is 5.56. The number of hydrogen-bond donors (Lipinski definition) is 0. The Bertz CT molecular complexity index is 459. The number of nitrogens with zero attached hydrogens (tertiary/aromatic N) is 5. The first-order chi connectivity index (χ1) is 10.3. The van der Waals surface area contributed by atoms with E-state index in [-0.39, 0.29) is 0 Å². The van der Waals surface area contributed by atoms with Crippen LogP contribution >= 0.6 is 0 Å². The molecule has 0 amide bonds. The molecule has 0 N–H and O–H groups in total. The van der Waals surface area contributed by atoms with Gasteiger partial charge in [0.2, 0.25) is 0 Å². The van der Waals surface area contributed by atoms with Crippen molar-refractivity contribution in [3.05, 3.63) is 12.7 Å². The van der Waals surface area contributed by atoms with Crippen molar-refractivity contribution in [2.75, 3.05) is 33.4 Å². The van der Waals surface area contributed by atoms with Gasteiger partial charge in [0, 0.05) is 37.8 Å². The highest BCUT2D eigenvalue weighted by molar-refractivity contribution is 4.97. The predicted molar refractivity (Wildman–Crippen MR) is 78.9 cm³/mol. The first-order valence-corrected chi connectivity index (χ1v) is 8.17. The molecule has 0 saturated carbocycles. The molecule has 21 heavy (non-hydrogen) atoms. The highest BCUT2D eigenvalue weighted by atomic mass is 16.5. The molecule has 6 nitrogen and oxygen atoms in total. The van der Waals surface area contributed by atoms with Gasteiger partial charge in [-0.2, -0.15) is 5.10 Å². The smallest absolute Gasteiger partial charge is 0.137 e. The Labute approximate surface area is 126 Å². The fourth-order valence-corrected chi connectivity index (χ4v) is 4.49. The number of hydrogen-bond acceptors (Lipinski definition) is 5. The van der Waals surface area contributed by atoms with Crippen LogP contribution in [-0.2, 0) is 11.3 Å². The van der Waals surface area contributed by atoms with E-state index in [0.717, 1.165) is 31.7 Å². The lowest BCUT2D eigenvalue weighted by atomic mass is 9.91. The van der Waals surface area contributed by atoms with Gasteiger partial charge in [-0.3, -0.25) is 14.5 Å². The van der Waals surface area contributed by atoms with Gasteiger partial charge in [-0.05, 0) is 32.2 Å². The van der Waals surface area contributed by atoms with Crippen molar-refractivity contribution in [3.8, 4) is 0 Å². The van der Waals surface area contributed by atoms with E-state index in [2.05, 4.69) is 26.9 Å². The summed E-state index contributed by atoms with van der Waals surface area (Å²) >= 11 is 0. The van der Waals surface area contributed by atoms with E-state index in [0.29, 0.717) is 12.1 Å². The van der Waals surface area contributed by atoms with Crippen LogP contribution in [-0.4, -0.2) is 76.0 Å². The van der Waals surface area contributed by atoms with Gasteiger partial charge in [0.15, 0.2) is 0 Å². The zero-order valence-electron chi connectivity index (χ0n) is 12.8. The summed E-state index contributed by atoms with van der Waals surface area (Å²) in [7, 11) is 2.29. The molecule has 4 heterocycles. The van der Waals surface area contributed by atoms with Gasteiger partial charge in [-0.25, -0.2) is 4.98 Å². The molecule has 0 radical (unpaired) electrons. The number of ether oxygens (including phenoxy) is 1. The van der Waals surface area contributed by atoms with Crippen molar-refractivity contribution < 1.29 is 4.74 Å². The maximum atomic E-state index is 5.56. The van der Waals surface area contributed by atoms with Crippen LogP contribution in [0, 0.1) is 5.92 Å². The fourth-order valence-electron chi connectivity index (χ4n) is 4.49. The predicted octanol–water partition coefficient (Wildman–Crippen LogP) is 0.462. The second kappa shape index (κ2) is 5.66. The molecule has 1 aromatic heterocycles. The molecule has 3 aliphatic rings. The lowest BCUT2D eigenvalue weighted by Gasteiger charge is -2.39. The van der Waals surface area contributed by atoms with Crippen LogP contribution in [0.2, 0.25) is 0 Å². The van der Waals surface area contributed by atoms with Crippen LogP contribution in [0.25, 0.3) is 0 Å². The lowest BCUT2D eigenvalue weighted by molar-refractivity contribution is 0.0741. The Hall–Kier alpha value is -0.980. The lowest BCUT2D eigenvalue weighted by Crippen LogP contribution is -2.49. The Kier molecular flexibility index (Phi) is 3.69. The topological polar surface area (TPSA) is 46.4 Å². The molecule has 0 bridgehead atoms. The summed E-state index contributed by atoms with van der Waals surface area (Å²) in [6, 6.07) is 2.02. The van der Waals surface area contributed by atoms with Crippen LogP contribution in [0.3, 0.4) is 0 Å². The van der Waals surface area contributed by atoms with Crippen LogP contribution in [0.1, 0.15) is 19.3 Å². The van der Waals surface area contributed by atoms with Crippen molar-refractivity contribution in [3.63, 3.8) is 0 Å². The summed E-state index contributed by atoms with van der Waals surface area (Å²) in [5.74, 6) is 0.804. The largest absolute Gasteiger partial charge is 0.380 e. The highest BCUT2D eigenvalue weighted by Gasteiger charge is 2.43. The minimum atomic E-state index is 0.599. The monoisotopic (exact) mass is 291 g/mol. The highest BCUT2D eigenvalue weighted by Crippen LogP contribution is 2.36. The van der Waals surface area contributed by atoms with Crippen LogP contribution in [0.15, 0.2) is 12.7 Å². The molecule has 0 aromatic carbocycles. The molecule has 4 atom stereocenters. The Balaban J connectivity index is 1.40. The van der Waals surface area contributed by atoms with Gasteiger partial charge in [0.05, 0.1) is 13.2 Å². The van der Waals surface area contributed by atoms with Gasteiger partial charge >= 0.3 is 0 Å². The van der Waals surface area contributed by atoms with Crippen molar-refractivity contribution in [1.82, 2.24) is 24.6 Å². The first-order valence-electron chi connectivity index (χ1n) is 8.17. The SMILES string of the molecule is CN1[C@H](Cn2cncn2)C[C@@H]2CN(C3CCOC3)CC[C@@H]21. The molecular weight excluding hydrogens is 266 g/mol. The molecule has 1 aromatic rings. The second-order valence-electron chi connectivity index (χ2n) is 6.80. The van der Waals surface area contributed by atoms with E-state index in [9.17, 15) is 0 Å². The minimum Gasteiger partial charge on any atom is -0.380 e. The Morgan fingerprint density at radius 3 is 3.05 bits per heavy atom. The maximum Gasteiger partial charge on any atom is 0.137 e. The first kappa shape index (κ1) is 13.7. The average Bonchev–Trinajstić information content (AvgIpc) is 3.22. The van der Waals surface area contributed by atoms with E-state index in [1.807, 2.05) is 11.0 Å². The van der Waals surface area contributed by atoms with E-state index in [4.69, 9.17) is 4.74 Å². The Morgan fingerprint density at radius 2 is 2.29 bits per heavy atom. The zero-order valence-corrected chi connectivity index (χ0v) is 12.8. The summed E-state index contributed by atoms with van der Waals surface area (Å²) in [4.78, 5) is 9.33. The normalized spacial score (nSPS) is 38.0. The molecule has 1 unspecified atom stereocenters. The summed E-state index contributed by atoms with van der Waals surface area (Å²) in [5.41, 5.74) is 0. The molecule has 6 heteroatoms. The third kappa shape index (κ3) is 2.60. The summed E-state index contributed by atoms with van der Waals surface area (Å²) in [6.45, 7) is 5.34. The number of aromatic nitrogens is 3. The fraction of sp³-hybridized carbons (Fsp3) is 0.867. The van der Waals surface area contributed by atoms with Gasteiger partial charge in [-0.15, -0.1) is 0 Å². The third-order valence-corrected chi connectivity index (χ3v) is 5.69. The van der Waals surface area contributed by atoms with Crippen molar-refractivity contribution >= 4 is 0 Å². The summed E-state index contributed by atoms with van der Waals surface area (Å²) < 4.78 is 7.54. The summed E-state index contributed by atoms with van der Waals surface area (Å²) in [6.07, 6.45) is 7.26. The van der Waals surface area contributed by atoms with Crippen LogP contribution in [0.4, 0.5) is 0 Å². The van der Waals surface area contributed by atoms with Crippen molar-refractivity contribution in [2.45, 2.75) is 43.9 Å². The molecule has 3 aliphatic heterocycles. The molecule has 3 saturated heterocycles. The number of likely N-dealkylation sites (tertiary alicyclic amines) is 2. The molecule has 0 aliphatic carbocycles. The second-order valence-corrected chi connectivity index (χ2v) is 6.80. The summed E-state index contributed by atoms with van der Waals surface area (Å²) in [5, 5.41) is 4.26. The van der Waals surface area contributed by atoms with E-state index >= 15 is 0 Å². The molecular formula is C15H25N5O. The third-order valence-electron chi connectivity index (χ3n) is 5.69. The Morgan fingerprint density at radius 1 is 1.33 bits per heavy atom. The average molecular weight is 291 g/mol. The number of fused-ring (bicyclic) bond motifs is 1. The molecule has 4 rings (SSSR count). The van der Waals surface area contributed by atoms with E-state index in [1.54, 1.807) is 6.33 Å². The van der Waals surface area contributed by atoms with Crippen molar-refractivity contribution in [1.29, 1.82) is 0 Å². The van der Waals surface area contributed by atoms with Gasteiger partial charge in [0.25, 0.3) is 0 Å². The van der Waals surface area contributed by atoms with Crippen LogP contribution < -0.4 is 0 Å². The minimum absolute atomic E-state index is 0.599. The van der Waals surface area contributed by atoms with Gasteiger partial charge in [0.1, 0.15) is 12.7 Å². The quantitative estimate of drug-likeness (QED) is 0.810. The number of likely N-dealkylation sites (N-methyl/N-ethyl adjacent to an activating group) is 1. The number of rotatable bonds is 3. The van der Waals surface area contributed by atoms with E-state index < -0.39 is 0 Å². The van der Waals surface area contributed by atoms with Crippen LogP contribution in [0.5, 0.6) is 0 Å². The molecule has 3 fully saturated rings. The number of piperidine rings is 1. The zero-order chi connectivity index (χ0) is 14.2. The molecule has 0 spiro atoms. The van der Waals surface area contributed by atoms with E-state index in [1.165, 1.54) is 32.4 Å². The standard InChI is InChI=1S/C15H25N5O/c1-18-14(8-20-11-16-10-17-20)6-12-7-19(4-2-15(12)18)13-3-5-21-9-13/h10-15H,2-9H2,1H3/t12-,13?,14+,15+/m1/s1. The van der Waals surface area contributed by atoms with Gasteiger partial charge < -0.3 is 4.74 Å². The van der Waals surface area contributed by atoms with Gasteiger partial charge in [-0.1, -0.05) is 0 Å². The van der Waals surface area contributed by atoms with Crippen molar-refractivity contribution in [2.24, 2.45) is 5.92 Å².